The Morgan fingerprint density at radius 1 is 1.12 bits per heavy atom. The molecule has 0 bridgehead atoms. The minimum absolute atomic E-state index is 0.0341. The third-order valence-corrected chi connectivity index (χ3v) is 5.35. The predicted molar refractivity (Wildman–Crippen MR) is 109 cm³/mol. The van der Waals surface area contributed by atoms with Crippen LogP contribution in [0.5, 0.6) is 5.75 Å². The lowest BCUT2D eigenvalue weighted by Crippen LogP contribution is -2.28. The first kappa shape index (κ1) is 18.3. The van der Waals surface area contributed by atoms with Crippen LogP contribution >= 0.6 is 11.8 Å². The van der Waals surface area contributed by atoms with E-state index in [1.165, 1.54) is 11.8 Å². The number of carbonyl (C=O) groups excluding carboxylic acids is 1. The summed E-state index contributed by atoms with van der Waals surface area (Å²) >= 11 is 1.39. The number of benzene rings is 2. The van der Waals surface area contributed by atoms with Crippen molar-refractivity contribution in [3.05, 3.63) is 63.6 Å². The Bertz CT molecular complexity index is 908. The van der Waals surface area contributed by atoms with Crippen LogP contribution in [-0.2, 0) is 4.79 Å². The van der Waals surface area contributed by atoms with Crippen LogP contribution < -0.4 is 0 Å². The van der Waals surface area contributed by atoms with Gasteiger partial charge in [-0.15, -0.1) is 0 Å². The van der Waals surface area contributed by atoms with Gasteiger partial charge in [0.15, 0.2) is 5.17 Å². The first-order chi connectivity index (χ1) is 12.4. The highest BCUT2D eigenvalue weighted by molar-refractivity contribution is 8.18. The molecule has 1 fully saturated rings. The highest BCUT2D eigenvalue weighted by Gasteiger charge is 2.32. The van der Waals surface area contributed by atoms with Gasteiger partial charge < -0.3 is 5.11 Å². The molecule has 0 saturated carbocycles. The Labute approximate surface area is 158 Å². The smallest absolute Gasteiger partial charge is 0.266 e. The van der Waals surface area contributed by atoms with E-state index in [-0.39, 0.29) is 5.91 Å². The molecule has 0 aliphatic carbocycles. The number of phenolic OH excluding ortho intramolecular Hbond substituents is 1. The molecule has 3 rings (SSSR count). The summed E-state index contributed by atoms with van der Waals surface area (Å²) in [6.07, 6.45) is 1.87. The van der Waals surface area contributed by atoms with Crippen molar-refractivity contribution in [3.63, 3.8) is 0 Å². The molecule has 0 radical (unpaired) electrons. The Morgan fingerprint density at radius 2 is 1.77 bits per heavy atom. The van der Waals surface area contributed by atoms with Crippen LogP contribution in [0.1, 0.15) is 29.2 Å². The van der Waals surface area contributed by atoms with E-state index in [1.807, 2.05) is 70.2 Å². The zero-order valence-corrected chi connectivity index (χ0v) is 16.2. The van der Waals surface area contributed by atoms with E-state index in [9.17, 15) is 9.90 Å². The number of rotatable bonds is 3. The average molecular weight is 366 g/mol. The number of amides is 1. The first-order valence-electron chi connectivity index (χ1n) is 8.56. The Kier molecular flexibility index (Phi) is 5.18. The number of aryl methyl sites for hydroxylation is 3. The maximum atomic E-state index is 12.8. The van der Waals surface area contributed by atoms with Gasteiger partial charge in [-0.05, 0) is 86.0 Å². The van der Waals surface area contributed by atoms with Crippen molar-refractivity contribution in [2.75, 3.05) is 6.54 Å². The zero-order chi connectivity index (χ0) is 18.8. The van der Waals surface area contributed by atoms with E-state index in [1.54, 1.807) is 4.90 Å². The number of carbonyl (C=O) groups is 1. The number of amidine groups is 1. The normalized spacial score (nSPS) is 17.5. The lowest BCUT2D eigenvalue weighted by molar-refractivity contribution is -0.122. The second-order valence-corrected chi connectivity index (χ2v) is 7.35. The third-order valence-electron chi connectivity index (χ3n) is 4.35. The van der Waals surface area contributed by atoms with E-state index in [2.05, 4.69) is 0 Å². The molecule has 1 saturated heterocycles. The number of para-hydroxylation sites is 1. The molecule has 0 spiro atoms. The summed E-state index contributed by atoms with van der Waals surface area (Å²) in [7, 11) is 0. The van der Waals surface area contributed by atoms with Crippen molar-refractivity contribution in [1.82, 2.24) is 4.90 Å². The highest BCUT2D eigenvalue weighted by atomic mass is 32.2. The summed E-state index contributed by atoms with van der Waals surface area (Å²) in [5.41, 5.74) is 4.45. The number of hydrogen-bond donors (Lipinski definition) is 1. The van der Waals surface area contributed by atoms with Crippen molar-refractivity contribution < 1.29 is 9.90 Å². The van der Waals surface area contributed by atoms with E-state index in [0.29, 0.717) is 22.4 Å². The summed E-state index contributed by atoms with van der Waals surface area (Å²) in [6, 6.07) is 11.7. The van der Waals surface area contributed by atoms with E-state index in [4.69, 9.17) is 4.99 Å². The molecule has 0 aromatic heterocycles. The van der Waals surface area contributed by atoms with Crippen LogP contribution in [-0.4, -0.2) is 27.6 Å². The number of thioether (sulfide) groups is 1. The van der Waals surface area contributed by atoms with Gasteiger partial charge in [0.2, 0.25) is 0 Å². The summed E-state index contributed by atoms with van der Waals surface area (Å²) in [5, 5.41) is 10.6. The van der Waals surface area contributed by atoms with Crippen LogP contribution in [0, 0.1) is 20.8 Å². The fraction of sp³-hybridized carbons (Fsp3) is 0.238. The molecule has 134 valence electrons. The van der Waals surface area contributed by atoms with Crippen molar-refractivity contribution in [1.29, 1.82) is 0 Å². The number of aromatic hydroxyl groups is 1. The second kappa shape index (κ2) is 7.38. The molecule has 1 N–H and O–H groups in total. The quantitative estimate of drug-likeness (QED) is 0.783. The van der Waals surface area contributed by atoms with Gasteiger partial charge in [0, 0.05) is 6.54 Å². The Balaban J connectivity index is 1.98. The molecule has 1 aliphatic heterocycles. The fourth-order valence-electron chi connectivity index (χ4n) is 2.89. The fourth-order valence-corrected chi connectivity index (χ4v) is 3.94. The molecule has 0 unspecified atom stereocenters. The summed E-state index contributed by atoms with van der Waals surface area (Å²) in [6.45, 7) is 8.25. The van der Waals surface area contributed by atoms with Crippen molar-refractivity contribution in [2.24, 2.45) is 4.99 Å². The van der Waals surface area contributed by atoms with Gasteiger partial charge >= 0.3 is 0 Å². The molecule has 5 heteroatoms. The molecule has 1 amide bonds. The second-order valence-electron chi connectivity index (χ2n) is 6.34. The van der Waals surface area contributed by atoms with Crippen LogP contribution in [0.3, 0.4) is 0 Å². The molecule has 4 nitrogen and oxygen atoms in total. The standard InChI is InChI=1S/C21H22N2O2S/c1-5-23-20(25)18(12-16-10-14(3)19(24)15(4)11-16)26-21(23)22-17-9-7-6-8-13(17)2/h6-12,24H,5H2,1-4H3/b18-12+,22-21?. The zero-order valence-electron chi connectivity index (χ0n) is 15.4. The molecule has 26 heavy (non-hydrogen) atoms. The number of aliphatic imine (C=N–C) groups is 1. The van der Waals surface area contributed by atoms with Crippen LogP contribution in [0.2, 0.25) is 0 Å². The molecular formula is C21H22N2O2S. The van der Waals surface area contributed by atoms with E-state index in [0.717, 1.165) is 27.9 Å². The van der Waals surface area contributed by atoms with Gasteiger partial charge in [-0.1, -0.05) is 18.2 Å². The van der Waals surface area contributed by atoms with Crippen molar-refractivity contribution in [3.8, 4) is 5.75 Å². The van der Waals surface area contributed by atoms with Crippen LogP contribution in [0.15, 0.2) is 46.3 Å². The lowest BCUT2D eigenvalue weighted by atomic mass is 10.1. The van der Waals surface area contributed by atoms with Gasteiger partial charge in [0.25, 0.3) is 5.91 Å². The van der Waals surface area contributed by atoms with E-state index >= 15 is 0 Å². The van der Waals surface area contributed by atoms with Crippen LogP contribution in [0.25, 0.3) is 6.08 Å². The maximum Gasteiger partial charge on any atom is 0.266 e. The minimum atomic E-state index is -0.0341. The van der Waals surface area contributed by atoms with E-state index < -0.39 is 0 Å². The number of nitrogens with zero attached hydrogens (tertiary/aromatic N) is 2. The summed E-state index contributed by atoms with van der Waals surface area (Å²) in [4.78, 5) is 19.8. The highest BCUT2D eigenvalue weighted by Crippen LogP contribution is 2.35. The Hall–Kier alpha value is -2.53. The number of phenols is 1. The van der Waals surface area contributed by atoms with Gasteiger partial charge in [0.05, 0.1) is 10.6 Å². The minimum Gasteiger partial charge on any atom is -0.507 e. The topological polar surface area (TPSA) is 52.9 Å². The summed E-state index contributed by atoms with van der Waals surface area (Å²) in [5.74, 6) is 0.266. The molecule has 2 aromatic carbocycles. The molecule has 2 aromatic rings. The van der Waals surface area contributed by atoms with Crippen LogP contribution in [0.4, 0.5) is 5.69 Å². The van der Waals surface area contributed by atoms with Crippen molar-refractivity contribution >= 4 is 34.6 Å². The summed E-state index contributed by atoms with van der Waals surface area (Å²) < 4.78 is 0. The third kappa shape index (κ3) is 3.53. The maximum absolute atomic E-state index is 12.8. The largest absolute Gasteiger partial charge is 0.507 e. The number of likely N-dealkylation sites (N-methyl/N-ethyl adjacent to an activating group) is 1. The SMILES string of the molecule is CCN1C(=O)/C(=C\c2cc(C)c(O)c(C)c2)SC1=Nc1ccccc1C. The van der Waals surface area contributed by atoms with Crippen molar-refractivity contribution in [2.45, 2.75) is 27.7 Å². The monoisotopic (exact) mass is 366 g/mol. The van der Waals surface area contributed by atoms with Gasteiger partial charge in [0.1, 0.15) is 5.75 Å². The van der Waals surface area contributed by atoms with Gasteiger partial charge in [-0.3, -0.25) is 9.69 Å². The van der Waals surface area contributed by atoms with Gasteiger partial charge in [-0.2, -0.15) is 0 Å². The lowest BCUT2D eigenvalue weighted by Gasteiger charge is -2.12. The average Bonchev–Trinajstić information content (AvgIpc) is 2.89. The molecular weight excluding hydrogens is 344 g/mol. The first-order valence-corrected chi connectivity index (χ1v) is 9.38. The Morgan fingerprint density at radius 3 is 2.38 bits per heavy atom. The molecule has 1 aliphatic rings. The number of hydrogen-bond acceptors (Lipinski definition) is 4. The molecule has 1 heterocycles. The van der Waals surface area contributed by atoms with Gasteiger partial charge in [-0.25, -0.2) is 4.99 Å². The molecule has 0 atom stereocenters. The predicted octanol–water partition coefficient (Wildman–Crippen LogP) is 4.94.